The van der Waals surface area contributed by atoms with Gasteiger partial charge in [-0.2, -0.15) is 0 Å². The Labute approximate surface area is 106 Å². The summed E-state index contributed by atoms with van der Waals surface area (Å²) in [6.07, 6.45) is -0.0527. The van der Waals surface area contributed by atoms with Gasteiger partial charge >= 0.3 is 11.9 Å². The summed E-state index contributed by atoms with van der Waals surface area (Å²) in [5, 5.41) is 8.89. The Hall–Kier alpha value is -1.43. The molecule has 0 aliphatic carbocycles. The molecule has 0 amide bonds. The maximum atomic E-state index is 12.8. The Kier molecular flexibility index (Phi) is 4.62. The van der Waals surface area contributed by atoms with Gasteiger partial charge in [-0.05, 0) is 24.1 Å². The summed E-state index contributed by atoms with van der Waals surface area (Å²) in [6.45, 7) is 0. The van der Waals surface area contributed by atoms with Gasteiger partial charge in [-0.3, -0.25) is 9.59 Å². The molecule has 4 nitrogen and oxygen atoms in total. The molecule has 1 rings (SSSR count). The van der Waals surface area contributed by atoms with Crippen molar-refractivity contribution in [1.29, 1.82) is 0 Å². The molecule has 1 unspecified atom stereocenters. The normalized spacial score (nSPS) is 11.9. The van der Waals surface area contributed by atoms with Gasteiger partial charge in [0.05, 0.1) is 7.11 Å². The van der Waals surface area contributed by atoms with Crippen LogP contribution in [0.1, 0.15) is 5.56 Å². The van der Waals surface area contributed by atoms with Crippen molar-refractivity contribution >= 4 is 27.9 Å². The lowest BCUT2D eigenvalue weighted by Gasteiger charge is -2.11. The van der Waals surface area contributed by atoms with Gasteiger partial charge in [-0.1, -0.05) is 22.0 Å². The first-order chi connectivity index (χ1) is 7.95. The zero-order valence-electron chi connectivity index (χ0n) is 8.94. The number of hydrogen-bond donors (Lipinski definition) is 1. The minimum absolute atomic E-state index is 0.0527. The highest BCUT2D eigenvalue weighted by Crippen LogP contribution is 2.21. The fraction of sp³-hybridized carbons (Fsp3) is 0.273. The molecule has 6 heteroatoms. The van der Waals surface area contributed by atoms with Crippen LogP contribution in [-0.4, -0.2) is 24.2 Å². The van der Waals surface area contributed by atoms with Crippen LogP contribution in [0.4, 0.5) is 4.39 Å². The van der Waals surface area contributed by atoms with E-state index in [4.69, 9.17) is 5.11 Å². The molecule has 1 atom stereocenters. The molecule has 92 valence electrons. The Morgan fingerprint density at radius 1 is 1.53 bits per heavy atom. The summed E-state index contributed by atoms with van der Waals surface area (Å²) in [5.41, 5.74) is 0.532. The Balaban J connectivity index is 2.94. The number of aliphatic carboxylic acids is 1. The largest absolute Gasteiger partial charge is 0.481 e. The van der Waals surface area contributed by atoms with Crippen molar-refractivity contribution in [2.24, 2.45) is 5.92 Å². The number of hydrogen-bond acceptors (Lipinski definition) is 3. The molecule has 0 spiro atoms. The van der Waals surface area contributed by atoms with Crippen LogP contribution in [0.5, 0.6) is 0 Å². The van der Waals surface area contributed by atoms with E-state index in [1.165, 1.54) is 18.2 Å². The fourth-order valence-corrected chi connectivity index (χ4v) is 1.83. The van der Waals surface area contributed by atoms with E-state index in [9.17, 15) is 14.0 Å². The number of carboxylic acids is 1. The lowest BCUT2D eigenvalue weighted by Crippen LogP contribution is -2.27. The van der Waals surface area contributed by atoms with E-state index >= 15 is 0 Å². The van der Waals surface area contributed by atoms with E-state index in [-0.39, 0.29) is 6.42 Å². The first-order valence-corrected chi connectivity index (χ1v) is 5.49. The molecule has 0 aliphatic heterocycles. The predicted octanol–water partition coefficient (Wildman–Crippen LogP) is 2.00. The van der Waals surface area contributed by atoms with Crippen molar-refractivity contribution in [2.75, 3.05) is 7.11 Å². The molecule has 0 radical (unpaired) electrons. The van der Waals surface area contributed by atoms with Gasteiger partial charge in [-0.15, -0.1) is 0 Å². The van der Waals surface area contributed by atoms with E-state index < -0.39 is 23.7 Å². The van der Waals surface area contributed by atoms with Gasteiger partial charge in [0, 0.05) is 4.47 Å². The van der Waals surface area contributed by atoms with Crippen LogP contribution >= 0.6 is 15.9 Å². The molecule has 1 aromatic carbocycles. The first-order valence-electron chi connectivity index (χ1n) is 4.70. The van der Waals surface area contributed by atoms with Crippen LogP contribution in [-0.2, 0) is 20.7 Å². The maximum Gasteiger partial charge on any atom is 0.320 e. The molecule has 0 aliphatic rings. The third kappa shape index (κ3) is 3.52. The van der Waals surface area contributed by atoms with Crippen LogP contribution < -0.4 is 0 Å². The number of carbonyl (C=O) groups is 2. The molecule has 0 saturated carbocycles. The second-order valence-electron chi connectivity index (χ2n) is 3.35. The molecule has 0 heterocycles. The number of ether oxygens (including phenoxy) is 1. The monoisotopic (exact) mass is 304 g/mol. The molecular formula is C11H10BrFO4. The number of carbonyl (C=O) groups excluding carboxylic acids is 1. The average molecular weight is 305 g/mol. The smallest absolute Gasteiger partial charge is 0.320 e. The highest BCUT2D eigenvalue weighted by molar-refractivity contribution is 9.10. The SMILES string of the molecule is COC(=O)C(Cc1ccc(F)cc1Br)C(=O)O. The van der Waals surface area contributed by atoms with E-state index in [1.54, 1.807) is 0 Å². The minimum Gasteiger partial charge on any atom is -0.481 e. The number of esters is 1. The summed E-state index contributed by atoms with van der Waals surface area (Å²) in [6, 6.07) is 3.85. The number of halogens is 2. The highest BCUT2D eigenvalue weighted by atomic mass is 79.9. The Bertz CT molecular complexity index is 447. The van der Waals surface area contributed by atoms with E-state index in [0.717, 1.165) is 7.11 Å². The van der Waals surface area contributed by atoms with Crippen molar-refractivity contribution in [3.05, 3.63) is 34.1 Å². The molecule has 1 aromatic rings. The first kappa shape index (κ1) is 13.6. The molecule has 0 saturated heterocycles. The number of methoxy groups -OCH3 is 1. The third-order valence-electron chi connectivity index (χ3n) is 2.22. The minimum atomic E-state index is -1.29. The second kappa shape index (κ2) is 5.77. The van der Waals surface area contributed by atoms with Gasteiger partial charge in [0.25, 0.3) is 0 Å². The summed E-state index contributed by atoms with van der Waals surface area (Å²) in [7, 11) is 1.12. The van der Waals surface area contributed by atoms with Gasteiger partial charge < -0.3 is 9.84 Å². The predicted molar refractivity (Wildman–Crippen MR) is 60.9 cm³/mol. The lowest BCUT2D eigenvalue weighted by molar-refractivity contribution is -0.156. The Morgan fingerprint density at radius 3 is 2.65 bits per heavy atom. The number of carboxylic acid groups (broad SMARTS) is 1. The van der Waals surface area contributed by atoms with E-state index in [2.05, 4.69) is 20.7 Å². The Morgan fingerprint density at radius 2 is 2.18 bits per heavy atom. The summed E-state index contributed by atoms with van der Waals surface area (Å²) in [5.74, 6) is -3.82. The van der Waals surface area contributed by atoms with Crippen LogP contribution in [0, 0.1) is 11.7 Å². The van der Waals surface area contributed by atoms with Crippen molar-refractivity contribution < 1.29 is 23.8 Å². The number of benzene rings is 1. The van der Waals surface area contributed by atoms with Gasteiger partial charge in [0.15, 0.2) is 5.92 Å². The third-order valence-corrected chi connectivity index (χ3v) is 2.96. The van der Waals surface area contributed by atoms with Gasteiger partial charge in [0.2, 0.25) is 0 Å². The zero-order valence-corrected chi connectivity index (χ0v) is 10.5. The summed E-state index contributed by atoms with van der Waals surface area (Å²) >= 11 is 3.11. The summed E-state index contributed by atoms with van der Waals surface area (Å²) in [4.78, 5) is 22.1. The van der Waals surface area contributed by atoms with Crippen molar-refractivity contribution in [3.8, 4) is 0 Å². The standard InChI is InChI=1S/C11H10BrFO4/c1-17-11(16)8(10(14)15)4-6-2-3-7(13)5-9(6)12/h2-3,5,8H,4H2,1H3,(H,14,15). The highest BCUT2D eigenvalue weighted by Gasteiger charge is 2.28. The molecule has 0 aromatic heterocycles. The van der Waals surface area contributed by atoms with E-state index in [1.807, 2.05) is 0 Å². The maximum absolute atomic E-state index is 12.8. The molecule has 1 N–H and O–H groups in total. The van der Waals surface area contributed by atoms with Crippen molar-refractivity contribution in [2.45, 2.75) is 6.42 Å². The van der Waals surface area contributed by atoms with Gasteiger partial charge in [0.1, 0.15) is 5.82 Å². The van der Waals surface area contributed by atoms with E-state index in [0.29, 0.717) is 10.0 Å². The fourth-order valence-electron chi connectivity index (χ4n) is 1.32. The average Bonchev–Trinajstić information content (AvgIpc) is 2.26. The molecule has 17 heavy (non-hydrogen) atoms. The molecule has 0 bridgehead atoms. The van der Waals surface area contributed by atoms with Crippen LogP contribution in [0.15, 0.2) is 22.7 Å². The molecule has 0 fully saturated rings. The summed E-state index contributed by atoms with van der Waals surface area (Å²) < 4.78 is 17.7. The lowest BCUT2D eigenvalue weighted by atomic mass is 9.99. The van der Waals surface area contributed by atoms with Crippen molar-refractivity contribution in [3.63, 3.8) is 0 Å². The van der Waals surface area contributed by atoms with Crippen LogP contribution in [0.3, 0.4) is 0 Å². The second-order valence-corrected chi connectivity index (χ2v) is 4.21. The zero-order chi connectivity index (χ0) is 13.0. The van der Waals surface area contributed by atoms with Crippen LogP contribution in [0.2, 0.25) is 0 Å². The number of rotatable bonds is 4. The van der Waals surface area contributed by atoms with Gasteiger partial charge in [-0.25, -0.2) is 4.39 Å². The topological polar surface area (TPSA) is 63.6 Å². The quantitative estimate of drug-likeness (QED) is 0.682. The van der Waals surface area contributed by atoms with Crippen molar-refractivity contribution in [1.82, 2.24) is 0 Å². The van der Waals surface area contributed by atoms with Crippen LogP contribution in [0.25, 0.3) is 0 Å². The molecular weight excluding hydrogens is 295 g/mol.